The zero-order chi connectivity index (χ0) is 8.72. The highest BCUT2D eigenvalue weighted by molar-refractivity contribution is 7.80. The van der Waals surface area contributed by atoms with Crippen molar-refractivity contribution in [3.63, 3.8) is 0 Å². The van der Waals surface area contributed by atoms with Crippen LogP contribution < -0.4 is 0 Å². The Labute approximate surface area is 85.6 Å². The van der Waals surface area contributed by atoms with Crippen molar-refractivity contribution < 1.29 is 0 Å². The van der Waals surface area contributed by atoms with Crippen LogP contribution in [0.3, 0.4) is 0 Å². The second-order valence-corrected chi connectivity index (χ2v) is 4.86. The summed E-state index contributed by atoms with van der Waals surface area (Å²) in [6.45, 7) is 2.05. The third-order valence-corrected chi connectivity index (χ3v) is 3.67. The lowest BCUT2D eigenvalue weighted by Crippen LogP contribution is -1.74. The van der Waals surface area contributed by atoms with Crippen molar-refractivity contribution in [1.29, 1.82) is 0 Å². The highest BCUT2D eigenvalue weighted by Crippen LogP contribution is 2.34. The lowest BCUT2D eigenvalue weighted by molar-refractivity contribution is 1.37. The minimum Gasteiger partial charge on any atom is -0.142 e. The van der Waals surface area contributed by atoms with E-state index in [2.05, 4.69) is 24.8 Å². The molecule has 0 aliphatic heterocycles. The Bertz CT molecular complexity index is 431. The number of hydrogen-bond acceptors (Lipinski definition) is 2. The Morgan fingerprint density at radius 2 is 2.17 bits per heavy atom. The summed E-state index contributed by atoms with van der Waals surface area (Å²) in [6, 6.07) is 6.12. The minimum absolute atomic E-state index is 0.825. The number of rotatable bonds is 0. The molecule has 0 bridgehead atoms. The van der Waals surface area contributed by atoms with E-state index >= 15 is 0 Å². The summed E-state index contributed by atoms with van der Waals surface area (Å²) in [5.41, 5.74) is 1.19. The van der Waals surface area contributed by atoms with Crippen molar-refractivity contribution in [2.45, 2.75) is 11.8 Å². The van der Waals surface area contributed by atoms with Crippen molar-refractivity contribution in [3.05, 3.63) is 28.1 Å². The molecule has 0 aliphatic rings. The molecule has 0 saturated heterocycles. The summed E-state index contributed by atoms with van der Waals surface area (Å²) in [6.07, 6.45) is 0. The molecule has 0 N–H and O–H groups in total. The number of halogens is 1. The Balaban J connectivity index is 2.89. The van der Waals surface area contributed by atoms with Crippen LogP contribution in [-0.4, -0.2) is 0 Å². The van der Waals surface area contributed by atoms with E-state index in [4.69, 9.17) is 11.6 Å². The van der Waals surface area contributed by atoms with Gasteiger partial charge in [-0.3, -0.25) is 0 Å². The number of fused-ring (bicyclic) bond motifs is 1. The van der Waals surface area contributed by atoms with Gasteiger partial charge in [0.15, 0.2) is 0 Å². The van der Waals surface area contributed by atoms with Crippen molar-refractivity contribution in [2.75, 3.05) is 0 Å². The summed E-state index contributed by atoms with van der Waals surface area (Å²) in [5.74, 6) is 0. The van der Waals surface area contributed by atoms with Gasteiger partial charge in [0, 0.05) is 15.0 Å². The van der Waals surface area contributed by atoms with Crippen LogP contribution in [0.5, 0.6) is 0 Å². The molecule has 62 valence electrons. The quantitative estimate of drug-likeness (QED) is 0.626. The molecule has 0 aliphatic carbocycles. The Morgan fingerprint density at radius 1 is 1.42 bits per heavy atom. The first-order chi connectivity index (χ1) is 5.68. The first-order valence-corrected chi connectivity index (χ1v) is 5.20. The lowest BCUT2D eigenvalue weighted by atomic mass is 10.2. The summed E-state index contributed by atoms with van der Waals surface area (Å²) in [5, 5.41) is 1.16. The van der Waals surface area contributed by atoms with E-state index in [0.29, 0.717) is 0 Å². The van der Waals surface area contributed by atoms with Crippen LogP contribution in [0.4, 0.5) is 0 Å². The van der Waals surface area contributed by atoms with Crippen LogP contribution in [0.15, 0.2) is 23.1 Å². The van der Waals surface area contributed by atoms with Gasteiger partial charge in [-0.2, -0.15) is 0 Å². The summed E-state index contributed by atoms with van der Waals surface area (Å²) in [7, 11) is 0. The van der Waals surface area contributed by atoms with Crippen molar-refractivity contribution in [1.82, 2.24) is 0 Å². The molecule has 0 radical (unpaired) electrons. The van der Waals surface area contributed by atoms with E-state index in [-0.39, 0.29) is 0 Å². The fourth-order valence-electron chi connectivity index (χ4n) is 1.17. The van der Waals surface area contributed by atoms with Crippen LogP contribution in [0.1, 0.15) is 5.56 Å². The first-order valence-electron chi connectivity index (χ1n) is 3.56. The standard InChI is InChI=1S/C9H7ClS2/c1-5-2-3-7-6(9(5)11)4-8(10)12-7/h2-4,11H,1H3. The number of thiophene rings is 1. The van der Waals surface area contributed by atoms with Gasteiger partial charge in [-0.15, -0.1) is 24.0 Å². The van der Waals surface area contributed by atoms with Gasteiger partial charge < -0.3 is 0 Å². The molecular weight excluding hydrogens is 208 g/mol. The normalized spacial score (nSPS) is 10.9. The first kappa shape index (κ1) is 8.42. The van der Waals surface area contributed by atoms with E-state index in [9.17, 15) is 0 Å². The van der Waals surface area contributed by atoms with Gasteiger partial charge >= 0.3 is 0 Å². The van der Waals surface area contributed by atoms with Gasteiger partial charge in [0.25, 0.3) is 0 Å². The number of hydrogen-bond donors (Lipinski definition) is 1. The maximum absolute atomic E-state index is 5.89. The van der Waals surface area contributed by atoms with Gasteiger partial charge in [0.2, 0.25) is 0 Å². The van der Waals surface area contributed by atoms with Crippen LogP contribution in [-0.2, 0) is 0 Å². The van der Waals surface area contributed by atoms with Crippen molar-refractivity contribution in [3.8, 4) is 0 Å². The van der Waals surface area contributed by atoms with Crippen LogP contribution in [0.2, 0.25) is 4.34 Å². The van der Waals surface area contributed by atoms with Crippen LogP contribution >= 0.6 is 35.6 Å². The highest BCUT2D eigenvalue weighted by atomic mass is 35.5. The lowest BCUT2D eigenvalue weighted by Gasteiger charge is -1.98. The predicted octanol–water partition coefficient (Wildman–Crippen LogP) is 4.15. The molecule has 0 atom stereocenters. The minimum atomic E-state index is 0.825. The summed E-state index contributed by atoms with van der Waals surface area (Å²) < 4.78 is 2.03. The van der Waals surface area contributed by atoms with Crippen LogP contribution in [0.25, 0.3) is 10.1 Å². The maximum atomic E-state index is 5.89. The third-order valence-electron chi connectivity index (χ3n) is 1.84. The number of thiol groups is 1. The fraction of sp³-hybridized carbons (Fsp3) is 0.111. The predicted molar refractivity (Wildman–Crippen MR) is 58.8 cm³/mol. The van der Waals surface area contributed by atoms with Gasteiger partial charge in [-0.05, 0) is 24.6 Å². The molecular formula is C9H7ClS2. The van der Waals surface area contributed by atoms with Crippen LogP contribution in [0, 0.1) is 6.92 Å². The molecule has 1 aromatic heterocycles. The summed E-state index contributed by atoms with van der Waals surface area (Å²) in [4.78, 5) is 1.04. The molecule has 2 rings (SSSR count). The largest absolute Gasteiger partial charge is 0.142 e. The van der Waals surface area contributed by atoms with Gasteiger partial charge in [0.1, 0.15) is 0 Å². The zero-order valence-corrected chi connectivity index (χ0v) is 8.93. The topological polar surface area (TPSA) is 0 Å². The SMILES string of the molecule is Cc1ccc2sc(Cl)cc2c1S. The molecule has 0 nitrogen and oxygen atoms in total. The summed E-state index contributed by atoms with van der Waals surface area (Å²) >= 11 is 11.9. The molecule has 1 aromatic carbocycles. The Kier molecular flexibility index (Phi) is 2.07. The molecule has 1 heterocycles. The van der Waals surface area contributed by atoms with Crippen molar-refractivity contribution >= 4 is 45.7 Å². The third kappa shape index (κ3) is 1.24. The highest BCUT2D eigenvalue weighted by Gasteiger charge is 2.04. The molecule has 0 spiro atoms. The molecule has 0 unspecified atom stereocenters. The Hall–Kier alpha value is -0.180. The monoisotopic (exact) mass is 214 g/mol. The second kappa shape index (κ2) is 2.95. The second-order valence-electron chi connectivity index (χ2n) is 2.69. The Morgan fingerprint density at radius 3 is 2.92 bits per heavy atom. The maximum Gasteiger partial charge on any atom is 0.0941 e. The molecule has 2 aromatic rings. The molecule has 12 heavy (non-hydrogen) atoms. The zero-order valence-electron chi connectivity index (χ0n) is 6.47. The van der Waals surface area contributed by atoms with E-state index in [1.165, 1.54) is 10.3 Å². The van der Waals surface area contributed by atoms with E-state index in [0.717, 1.165) is 14.6 Å². The molecule has 3 heteroatoms. The van der Waals surface area contributed by atoms with Gasteiger partial charge in [0.05, 0.1) is 4.34 Å². The van der Waals surface area contributed by atoms with E-state index < -0.39 is 0 Å². The molecule has 0 saturated carbocycles. The average Bonchev–Trinajstić information content (AvgIpc) is 2.39. The fourth-order valence-corrected chi connectivity index (χ4v) is 2.66. The molecule has 0 fully saturated rings. The number of benzene rings is 1. The number of aryl methyl sites for hydroxylation is 1. The molecule has 0 amide bonds. The van der Waals surface area contributed by atoms with E-state index in [1.807, 2.05) is 13.0 Å². The smallest absolute Gasteiger partial charge is 0.0941 e. The van der Waals surface area contributed by atoms with Crippen molar-refractivity contribution in [2.24, 2.45) is 0 Å². The van der Waals surface area contributed by atoms with Gasteiger partial charge in [-0.1, -0.05) is 17.7 Å². The average molecular weight is 215 g/mol. The van der Waals surface area contributed by atoms with E-state index in [1.54, 1.807) is 11.3 Å². The van der Waals surface area contributed by atoms with Gasteiger partial charge in [-0.25, -0.2) is 0 Å².